The van der Waals surface area contributed by atoms with Crippen molar-refractivity contribution in [3.63, 3.8) is 0 Å². The molecular weight excluding hydrogens is 368 g/mol. The lowest BCUT2D eigenvalue weighted by Gasteiger charge is -2.22. The van der Waals surface area contributed by atoms with Gasteiger partial charge in [0.05, 0.1) is 16.0 Å². The van der Waals surface area contributed by atoms with E-state index in [0.29, 0.717) is 5.56 Å². The molecule has 9 heteroatoms. The summed E-state index contributed by atoms with van der Waals surface area (Å²) in [6, 6.07) is 3.56. The maximum absolute atomic E-state index is 12.4. The number of amides is 3. The topological polar surface area (TPSA) is 102 Å². The van der Waals surface area contributed by atoms with Gasteiger partial charge in [-0.2, -0.15) is 0 Å². The maximum atomic E-state index is 12.4. The molecule has 1 aliphatic rings. The quantitative estimate of drug-likeness (QED) is 0.805. The van der Waals surface area contributed by atoms with Crippen molar-refractivity contribution in [2.75, 3.05) is 13.3 Å². The number of rotatable bonds is 5. The van der Waals surface area contributed by atoms with Gasteiger partial charge in [0.1, 0.15) is 0 Å². The predicted molar refractivity (Wildman–Crippen MR) is 93.2 cm³/mol. The number of hydrogen-bond acceptors (Lipinski definition) is 5. The van der Waals surface area contributed by atoms with Crippen LogP contribution in [0.15, 0.2) is 23.1 Å². The molecule has 25 heavy (non-hydrogen) atoms. The van der Waals surface area contributed by atoms with Crippen molar-refractivity contribution in [1.82, 2.24) is 10.6 Å². The van der Waals surface area contributed by atoms with Crippen molar-refractivity contribution in [1.29, 1.82) is 0 Å². The highest BCUT2D eigenvalue weighted by atomic mass is 35.5. The predicted octanol–water partition coefficient (Wildman–Crippen LogP) is 2.20. The van der Waals surface area contributed by atoms with E-state index in [0.717, 1.165) is 31.9 Å². The Kier molecular flexibility index (Phi) is 6.42. The lowest BCUT2D eigenvalue weighted by atomic mass is 10.1. The fourth-order valence-corrected chi connectivity index (χ4v) is 4.07. The highest BCUT2D eigenvalue weighted by Crippen LogP contribution is 2.31. The van der Waals surface area contributed by atoms with E-state index < -0.39 is 27.9 Å². The molecule has 7 nitrogen and oxygen atoms in total. The van der Waals surface area contributed by atoms with Gasteiger partial charge in [0.25, 0.3) is 5.91 Å². The van der Waals surface area contributed by atoms with Crippen LogP contribution in [0.1, 0.15) is 37.4 Å². The van der Waals surface area contributed by atoms with Crippen molar-refractivity contribution in [3.05, 3.63) is 28.8 Å². The fraction of sp³-hybridized carbons (Fsp3) is 0.500. The molecule has 2 rings (SSSR count). The number of hydrogen-bond donors (Lipinski definition) is 2. The van der Waals surface area contributed by atoms with Crippen LogP contribution >= 0.6 is 11.6 Å². The van der Waals surface area contributed by atoms with Gasteiger partial charge in [0, 0.05) is 13.3 Å². The zero-order chi connectivity index (χ0) is 18.6. The Balaban J connectivity index is 2.31. The first-order valence-corrected chi connectivity index (χ1v) is 10.2. The van der Waals surface area contributed by atoms with Crippen LogP contribution in [0.2, 0.25) is 5.02 Å². The molecule has 0 bridgehead atoms. The highest BCUT2D eigenvalue weighted by Gasteiger charge is 2.29. The maximum Gasteiger partial charge on any atom is 0.321 e. The van der Waals surface area contributed by atoms with Gasteiger partial charge >= 0.3 is 6.03 Å². The molecule has 3 amide bonds. The second-order valence-electron chi connectivity index (χ2n) is 5.95. The third-order valence-corrected chi connectivity index (χ3v) is 5.57. The van der Waals surface area contributed by atoms with Crippen LogP contribution in [0.5, 0.6) is 0 Å². The summed E-state index contributed by atoms with van der Waals surface area (Å²) < 4.78 is 29.3. The van der Waals surface area contributed by atoms with Crippen LogP contribution in [0.4, 0.5) is 4.79 Å². The Hall–Kier alpha value is -1.64. The zero-order valence-electron chi connectivity index (χ0n) is 14.0. The van der Waals surface area contributed by atoms with Gasteiger partial charge in [-0.15, -0.1) is 0 Å². The molecule has 0 aliphatic heterocycles. The van der Waals surface area contributed by atoms with E-state index in [-0.39, 0.29) is 16.0 Å². The molecule has 1 aromatic rings. The van der Waals surface area contributed by atoms with Gasteiger partial charge in [0.2, 0.25) is 0 Å². The Morgan fingerprint density at radius 1 is 1.28 bits per heavy atom. The standard InChI is InChI=1S/C16H21ClN2O5S/c1-18-16(21)19-15(20)14(24-11-5-3-4-6-11)10-7-8-13(12(17)9-10)25(2,22)23/h7-9,11,14H,3-6H2,1-2H3,(H2,18,19,20,21). The Morgan fingerprint density at radius 3 is 2.44 bits per heavy atom. The molecule has 1 atom stereocenters. The molecule has 138 valence electrons. The second kappa shape index (κ2) is 8.16. The van der Waals surface area contributed by atoms with E-state index >= 15 is 0 Å². The van der Waals surface area contributed by atoms with Crippen molar-refractivity contribution >= 4 is 33.4 Å². The number of imide groups is 1. The van der Waals surface area contributed by atoms with E-state index in [1.807, 2.05) is 0 Å². The van der Waals surface area contributed by atoms with E-state index in [9.17, 15) is 18.0 Å². The number of carbonyl (C=O) groups excluding carboxylic acids is 2. The molecule has 0 saturated heterocycles. The molecule has 0 spiro atoms. The molecule has 1 fully saturated rings. The summed E-state index contributed by atoms with van der Waals surface area (Å²) >= 11 is 6.07. The van der Waals surface area contributed by atoms with E-state index in [4.69, 9.17) is 16.3 Å². The monoisotopic (exact) mass is 388 g/mol. The van der Waals surface area contributed by atoms with Gasteiger partial charge < -0.3 is 10.1 Å². The summed E-state index contributed by atoms with van der Waals surface area (Å²) in [6.07, 6.45) is 3.61. The zero-order valence-corrected chi connectivity index (χ0v) is 15.6. The third-order valence-electron chi connectivity index (χ3n) is 3.99. The summed E-state index contributed by atoms with van der Waals surface area (Å²) in [7, 11) is -2.08. The number of nitrogens with one attached hydrogen (secondary N) is 2. The summed E-state index contributed by atoms with van der Waals surface area (Å²) in [5, 5.41) is 4.50. The van der Waals surface area contributed by atoms with Gasteiger partial charge in [-0.25, -0.2) is 13.2 Å². The number of carbonyl (C=O) groups is 2. The molecule has 0 heterocycles. The van der Waals surface area contributed by atoms with E-state index in [1.165, 1.54) is 25.2 Å². The lowest BCUT2D eigenvalue weighted by Crippen LogP contribution is -2.41. The van der Waals surface area contributed by atoms with Crippen LogP contribution in [0, 0.1) is 0 Å². The summed E-state index contributed by atoms with van der Waals surface area (Å²) in [5.41, 5.74) is 0.394. The molecule has 0 radical (unpaired) electrons. The van der Waals surface area contributed by atoms with E-state index in [1.54, 1.807) is 0 Å². The highest BCUT2D eigenvalue weighted by molar-refractivity contribution is 7.90. The summed E-state index contributed by atoms with van der Waals surface area (Å²) in [6.45, 7) is 0. The summed E-state index contributed by atoms with van der Waals surface area (Å²) in [4.78, 5) is 23.9. The smallest absolute Gasteiger partial charge is 0.321 e. The van der Waals surface area contributed by atoms with Crippen LogP contribution in [0.25, 0.3) is 0 Å². The first-order valence-electron chi connectivity index (χ1n) is 7.90. The molecule has 0 aromatic heterocycles. The summed E-state index contributed by atoms with van der Waals surface area (Å²) in [5.74, 6) is -0.630. The minimum Gasteiger partial charge on any atom is -0.360 e. The molecule has 1 aromatic carbocycles. The molecule has 2 N–H and O–H groups in total. The SMILES string of the molecule is CNC(=O)NC(=O)C(OC1CCCC1)c1ccc(S(C)(=O)=O)c(Cl)c1. The van der Waals surface area contributed by atoms with E-state index in [2.05, 4.69) is 10.6 Å². The molecule has 1 unspecified atom stereocenters. The normalized spacial score (nSPS) is 16.4. The lowest BCUT2D eigenvalue weighted by molar-refractivity contribution is -0.136. The average molecular weight is 389 g/mol. The number of ether oxygens (including phenoxy) is 1. The molecular formula is C16H21ClN2O5S. The van der Waals surface area contributed by atoms with Crippen LogP contribution in [-0.2, 0) is 19.4 Å². The average Bonchev–Trinajstić information content (AvgIpc) is 3.04. The van der Waals surface area contributed by atoms with Crippen molar-refractivity contribution in [3.8, 4) is 0 Å². The van der Waals surface area contributed by atoms with Crippen LogP contribution in [0.3, 0.4) is 0 Å². The van der Waals surface area contributed by atoms with Crippen LogP contribution in [-0.4, -0.2) is 39.8 Å². The Bertz CT molecular complexity index is 760. The van der Waals surface area contributed by atoms with Crippen molar-refractivity contribution < 1.29 is 22.7 Å². The minimum absolute atomic E-state index is 0.00719. The van der Waals surface area contributed by atoms with Crippen LogP contribution < -0.4 is 10.6 Å². The Labute approximate surface area is 152 Å². The second-order valence-corrected chi connectivity index (χ2v) is 8.34. The number of urea groups is 1. The first kappa shape index (κ1) is 19.7. The largest absolute Gasteiger partial charge is 0.360 e. The van der Waals surface area contributed by atoms with Gasteiger partial charge in [0.15, 0.2) is 15.9 Å². The molecule has 1 aliphatic carbocycles. The fourth-order valence-electron chi connectivity index (χ4n) is 2.73. The number of halogens is 1. The number of sulfone groups is 1. The third kappa shape index (κ3) is 5.17. The van der Waals surface area contributed by atoms with Crippen molar-refractivity contribution in [2.45, 2.75) is 42.8 Å². The van der Waals surface area contributed by atoms with Gasteiger partial charge in [-0.1, -0.05) is 30.5 Å². The van der Waals surface area contributed by atoms with Gasteiger partial charge in [-0.3, -0.25) is 10.1 Å². The van der Waals surface area contributed by atoms with Gasteiger partial charge in [-0.05, 0) is 30.5 Å². The number of benzene rings is 1. The molecule has 1 saturated carbocycles. The van der Waals surface area contributed by atoms with Crippen molar-refractivity contribution in [2.24, 2.45) is 0 Å². The first-order chi connectivity index (χ1) is 11.7. The Morgan fingerprint density at radius 2 is 1.92 bits per heavy atom. The minimum atomic E-state index is -3.48.